The number of carbonyl (C=O) groups is 3. The Labute approximate surface area is 229 Å². The molecule has 2 N–H and O–H groups in total. The van der Waals surface area contributed by atoms with Gasteiger partial charge in [0.05, 0.1) is 23.3 Å². The van der Waals surface area contributed by atoms with Crippen LogP contribution < -0.4 is 10.2 Å². The number of aromatic nitrogens is 3. The van der Waals surface area contributed by atoms with E-state index < -0.39 is 30.1 Å². The molecule has 2 amide bonds. The average Bonchev–Trinajstić information content (AvgIpc) is 3.64. The molecule has 204 valence electrons. The number of benzene rings is 1. The minimum absolute atomic E-state index is 0.00188. The Morgan fingerprint density at radius 3 is 2.69 bits per heavy atom. The van der Waals surface area contributed by atoms with Gasteiger partial charge in [0.15, 0.2) is 0 Å². The van der Waals surface area contributed by atoms with Crippen molar-refractivity contribution >= 4 is 50.1 Å². The van der Waals surface area contributed by atoms with Gasteiger partial charge in [-0.1, -0.05) is 0 Å². The largest absolute Gasteiger partial charge is 0.408 e. The van der Waals surface area contributed by atoms with Gasteiger partial charge < -0.3 is 15.1 Å². The molecule has 9 nitrogen and oxygen atoms in total. The Morgan fingerprint density at radius 2 is 1.95 bits per heavy atom. The van der Waals surface area contributed by atoms with Crippen LogP contribution in [0.4, 0.5) is 18.9 Å². The van der Waals surface area contributed by atoms with Crippen LogP contribution in [0, 0.1) is 0 Å². The van der Waals surface area contributed by atoms with Gasteiger partial charge in [0.1, 0.15) is 18.3 Å². The van der Waals surface area contributed by atoms with Crippen LogP contribution in [0.15, 0.2) is 35.1 Å². The number of piperidine rings is 1. The topological polar surface area (TPSA) is 111 Å². The van der Waals surface area contributed by atoms with Crippen LogP contribution in [0.1, 0.15) is 47.3 Å². The third-order valence-electron chi connectivity index (χ3n) is 8.05. The van der Waals surface area contributed by atoms with Crippen LogP contribution in [0.5, 0.6) is 0 Å². The zero-order chi connectivity index (χ0) is 27.5. The first kappa shape index (κ1) is 25.9. The van der Waals surface area contributed by atoms with E-state index in [0.29, 0.717) is 52.7 Å². The van der Waals surface area contributed by atoms with Gasteiger partial charge in [-0.3, -0.25) is 24.5 Å². The second-order valence-corrected chi connectivity index (χ2v) is 11.0. The fourth-order valence-electron chi connectivity index (χ4n) is 6.11. The van der Waals surface area contributed by atoms with E-state index in [0.717, 1.165) is 10.3 Å². The fourth-order valence-corrected chi connectivity index (χ4v) is 7.00. The quantitative estimate of drug-likeness (QED) is 0.441. The Kier molecular flexibility index (Phi) is 6.25. The molecule has 1 aromatic carbocycles. The number of amides is 2. The van der Waals surface area contributed by atoms with Gasteiger partial charge in [0, 0.05) is 33.2 Å². The second-order valence-electron chi connectivity index (χ2n) is 10.2. The lowest BCUT2D eigenvalue weighted by atomic mass is 9.73. The third-order valence-corrected chi connectivity index (χ3v) is 8.87. The van der Waals surface area contributed by atoms with E-state index >= 15 is 0 Å². The van der Waals surface area contributed by atoms with Crippen LogP contribution in [0.3, 0.4) is 0 Å². The van der Waals surface area contributed by atoms with Crippen LogP contribution in [0.2, 0.25) is 0 Å². The maximum atomic E-state index is 14.0. The summed E-state index contributed by atoms with van der Waals surface area (Å²) in [5.74, 6) is -1.43. The molecule has 3 aliphatic rings. The Bertz CT molecular complexity index is 1500. The number of ketones is 1. The van der Waals surface area contributed by atoms with E-state index in [9.17, 15) is 27.6 Å². The van der Waals surface area contributed by atoms with Crippen molar-refractivity contribution in [2.24, 2.45) is 0 Å². The van der Waals surface area contributed by atoms with Crippen molar-refractivity contribution < 1.29 is 27.6 Å². The molecule has 0 aliphatic carbocycles. The van der Waals surface area contributed by atoms with Gasteiger partial charge in [-0.05, 0) is 72.9 Å². The van der Waals surface area contributed by atoms with Crippen molar-refractivity contribution in [1.82, 2.24) is 25.4 Å². The Balaban J connectivity index is 1.38. The zero-order valence-corrected chi connectivity index (χ0v) is 22.2. The van der Waals surface area contributed by atoms with E-state index in [2.05, 4.69) is 36.4 Å². The summed E-state index contributed by atoms with van der Waals surface area (Å²) in [6.07, 6.45) is -0.457. The lowest BCUT2D eigenvalue weighted by Gasteiger charge is -2.34. The van der Waals surface area contributed by atoms with Gasteiger partial charge in [-0.15, -0.1) is 0 Å². The predicted octanol–water partition coefficient (Wildman–Crippen LogP) is 3.47. The first-order valence-corrected chi connectivity index (χ1v) is 13.5. The number of nitrogens with one attached hydrogen (secondary N) is 2. The van der Waals surface area contributed by atoms with E-state index in [-0.39, 0.29) is 36.8 Å². The number of carbonyl (C=O) groups excluding carboxylic acids is 3. The highest BCUT2D eigenvalue weighted by Gasteiger charge is 2.54. The monoisotopic (exact) mass is 604 g/mol. The number of fused-ring (bicyclic) bond motifs is 3. The predicted molar refractivity (Wildman–Crippen MR) is 138 cm³/mol. The molecule has 0 radical (unpaired) electrons. The van der Waals surface area contributed by atoms with Crippen LogP contribution in [-0.2, 0) is 15.0 Å². The number of pyridine rings is 1. The minimum atomic E-state index is -4.53. The maximum absolute atomic E-state index is 14.0. The molecule has 2 fully saturated rings. The summed E-state index contributed by atoms with van der Waals surface area (Å²) in [7, 11) is 0. The lowest BCUT2D eigenvalue weighted by Crippen LogP contribution is -2.52. The normalized spacial score (nSPS) is 20.7. The number of halogens is 4. The van der Waals surface area contributed by atoms with Crippen molar-refractivity contribution in [1.29, 1.82) is 0 Å². The number of anilines is 1. The number of hydrogen-bond donors (Lipinski definition) is 2. The zero-order valence-electron chi connectivity index (χ0n) is 20.6. The molecule has 1 spiro atoms. The van der Waals surface area contributed by atoms with Gasteiger partial charge in [0.25, 0.3) is 0 Å². The molecule has 0 bridgehead atoms. The summed E-state index contributed by atoms with van der Waals surface area (Å²) >= 11 is 3.60. The third kappa shape index (κ3) is 4.13. The highest BCUT2D eigenvalue weighted by molar-refractivity contribution is 9.10. The SMILES string of the molecule is O=C(c1cc2cn[nH]c2cn1)c1ccc2c(c1Br)C1(CCNCC1)C(=O)N2CC(=O)N1CCC[C@@H]1C(F)(F)F. The number of H-pyrrole nitrogens is 1. The summed E-state index contributed by atoms with van der Waals surface area (Å²) in [4.78, 5) is 47.1. The minimum Gasteiger partial charge on any atom is -0.329 e. The molecule has 0 saturated carbocycles. The van der Waals surface area contributed by atoms with E-state index in [1.807, 2.05) is 0 Å². The number of hydrogen-bond acceptors (Lipinski definition) is 6. The van der Waals surface area contributed by atoms with Crippen molar-refractivity contribution in [2.75, 3.05) is 31.1 Å². The molecular formula is C26H24BrF3N6O3. The van der Waals surface area contributed by atoms with Crippen molar-refractivity contribution in [3.63, 3.8) is 0 Å². The number of aromatic amines is 1. The molecule has 3 aromatic rings. The first-order chi connectivity index (χ1) is 18.6. The fraction of sp³-hybridized carbons (Fsp3) is 0.423. The number of rotatable bonds is 4. The summed E-state index contributed by atoms with van der Waals surface area (Å²) in [5, 5.41) is 10.7. The Hall–Kier alpha value is -3.32. The Morgan fingerprint density at radius 1 is 1.18 bits per heavy atom. The highest BCUT2D eigenvalue weighted by atomic mass is 79.9. The second kappa shape index (κ2) is 9.40. The number of likely N-dealkylation sites (tertiary alicyclic amines) is 1. The molecule has 0 unspecified atom stereocenters. The number of nitrogens with zero attached hydrogens (tertiary/aromatic N) is 4. The van der Waals surface area contributed by atoms with Crippen LogP contribution in [-0.4, -0.2) is 76.1 Å². The van der Waals surface area contributed by atoms with Crippen molar-refractivity contribution in [3.8, 4) is 0 Å². The smallest absolute Gasteiger partial charge is 0.329 e. The van der Waals surface area contributed by atoms with E-state index in [1.54, 1.807) is 24.4 Å². The standard InChI is InChI=1S/C26H24BrF3N6O3/c27-22-15(23(38)16-10-14-11-33-34-17(14)12-32-16)3-4-18-21(22)25(5-7-31-8-6-25)24(39)36(18)13-20(37)35-9-1-2-19(35)26(28,29)30/h3-4,10-12,19,31H,1-2,5-9,13H2,(H,33,34)/t19-/m1/s1. The summed E-state index contributed by atoms with van der Waals surface area (Å²) < 4.78 is 41.0. The molecule has 2 aromatic heterocycles. The van der Waals surface area contributed by atoms with E-state index in [4.69, 9.17) is 0 Å². The molecule has 1 atom stereocenters. The van der Waals surface area contributed by atoms with Gasteiger partial charge in [-0.2, -0.15) is 18.3 Å². The summed E-state index contributed by atoms with van der Waals surface area (Å²) in [5.41, 5.74) is 1.20. The number of alkyl halides is 3. The highest BCUT2D eigenvalue weighted by Crippen LogP contribution is 2.51. The maximum Gasteiger partial charge on any atom is 0.408 e. The van der Waals surface area contributed by atoms with Crippen LogP contribution in [0.25, 0.3) is 10.9 Å². The molecule has 2 saturated heterocycles. The first-order valence-electron chi connectivity index (χ1n) is 12.7. The molecule has 6 rings (SSSR count). The average molecular weight is 605 g/mol. The molecular weight excluding hydrogens is 581 g/mol. The van der Waals surface area contributed by atoms with Crippen molar-refractivity contribution in [2.45, 2.75) is 43.3 Å². The lowest BCUT2D eigenvalue weighted by molar-refractivity contribution is -0.182. The summed E-state index contributed by atoms with van der Waals surface area (Å²) in [6, 6.07) is 2.95. The molecule has 13 heteroatoms. The van der Waals surface area contributed by atoms with Crippen LogP contribution >= 0.6 is 15.9 Å². The van der Waals surface area contributed by atoms with Gasteiger partial charge in [-0.25, -0.2) is 0 Å². The summed E-state index contributed by atoms with van der Waals surface area (Å²) in [6.45, 7) is 0.585. The van der Waals surface area contributed by atoms with Crippen molar-refractivity contribution in [3.05, 3.63) is 51.9 Å². The molecule has 39 heavy (non-hydrogen) atoms. The van der Waals surface area contributed by atoms with E-state index in [1.165, 1.54) is 11.1 Å². The molecule has 3 aliphatic heterocycles. The van der Waals surface area contributed by atoms with Gasteiger partial charge in [0.2, 0.25) is 17.6 Å². The molecule has 5 heterocycles. The van der Waals surface area contributed by atoms with Gasteiger partial charge >= 0.3 is 6.18 Å².